The highest BCUT2D eigenvalue weighted by Gasteiger charge is 2.15. The Morgan fingerprint density at radius 1 is 1.10 bits per heavy atom. The standard InChI is InChI=1S/C22H13Cl2N5O/c23-17-8-5-14(11-18(17)24)6-10-21(30)28-22-16(12-25)13-26-29(22)20-9-7-15-3-1-2-4-19(15)27-20/h1-11,13H,(H,28,30)/b10-6+. The van der Waals surface area contributed by atoms with E-state index in [1.54, 1.807) is 30.3 Å². The van der Waals surface area contributed by atoms with E-state index in [1.165, 1.54) is 17.0 Å². The fourth-order valence-corrected chi connectivity index (χ4v) is 3.15. The Balaban J connectivity index is 1.62. The van der Waals surface area contributed by atoms with Crippen molar-refractivity contribution in [1.29, 1.82) is 5.26 Å². The Labute approximate surface area is 182 Å². The monoisotopic (exact) mass is 433 g/mol. The van der Waals surface area contributed by atoms with Gasteiger partial charge in [0.2, 0.25) is 5.91 Å². The molecule has 0 aliphatic rings. The highest BCUT2D eigenvalue weighted by Crippen LogP contribution is 2.24. The first kappa shape index (κ1) is 19.6. The number of pyridine rings is 1. The summed E-state index contributed by atoms with van der Waals surface area (Å²) >= 11 is 11.9. The van der Waals surface area contributed by atoms with Gasteiger partial charge in [-0.2, -0.15) is 15.0 Å². The van der Waals surface area contributed by atoms with Crippen molar-refractivity contribution >= 4 is 51.9 Å². The zero-order valence-electron chi connectivity index (χ0n) is 15.4. The highest BCUT2D eigenvalue weighted by atomic mass is 35.5. The molecule has 4 aromatic rings. The van der Waals surface area contributed by atoms with Crippen LogP contribution in [-0.2, 0) is 4.79 Å². The predicted molar refractivity (Wildman–Crippen MR) is 118 cm³/mol. The minimum atomic E-state index is -0.430. The average Bonchev–Trinajstić information content (AvgIpc) is 3.16. The van der Waals surface area contributed by atoms with E-state index in [-0.39, 0.29) is 11.4 Å². The van der Waals surface area contributed by atoms with E-state index in [9.17, 15) is 10.1 Å². The van der Waals surface area contributed by atoms with Gasteiger partial charge in [0.1, 0.15) is 11.6 Å². The first-order valence-corrected chi connectivity index (χ1v) is 9.59. The molecule has 0 saturated heterocycles. The molecule has 2 heterocycles. The molecule has 30 heavy (non-hydrogen) atoms. The van der Waals surface area contributed by atoms with Crippen molar-refractivity contribution in [2.45, 2.75) is 0 Å². The molecule has 2 aromatic carbocycles. The molecule has 0 atom stereocenters. The third-order valence-electron chi connectivity index (χ3n) is 4.30. The maximum absolute atomic E-state index is 12.5. The number of carbonyl (C=O) groups excluding carboxylic acids is 1. The number of hydrogen-bond donors (Lipinski definition) is 1. The van der Waals surface area contributed by atoms with Crippen LogP contribution in [0.25, 0.3) is 22.8 Å². The molecule has 8 heteroatoms. The molecule has 6 nitrogen and oxygen atoms in total. The maximum atomic E-state index is 12.5. The van der Waals surface area contributed by atoms with E-state index in [0.29, 0.717) is 21.4 Å². The van der Waals surface area contributed by atoms with Crippen LogP contribution in [0.5, 0.6) is 0 Å². The zero-order chi connectivity index (χ0) is 21.1. The van der Waals surface area contributed by atoms with Gasteiger partial charge in [0.25, 0.3) is 0 Å². The summed E-state index contributed by atoms with van der Waals surface area (Å²) in [7, 11) is 0. The number of rotatable bonds is 4. The van der Waals surface area contributed by atoms with Gasteiger partial charge in [-0.15, -0.1) is 0 Å². The number of anilines is 1. The third kappa shape index (κ3) is 4.03. The van der Waals surface area contributed by atoms with Crippen LogP contribution in [0, 0.1) is 11.3 Å². The molecule has 0 aliphatic heterocycles. The van der Waals surface area contributed by atoms with Gasteiger partial charge < -0.3 is 5.32 Å². The lowest BCUT2D eigenvalue weighted by Gasteiger charge is -2.08. The van der Waals surface area contributed by atoms with Crippen LogP contribution in [0.15, 0.2) is 66.9 Å². The lowest BCUT2D eigenvalue weighted by Crippen LogP contribution is -2.14. The maximum Gasteiger partial charge on any atom is 0.249 e. The van der Waals surface area contributed by atoms with E-state index in [1.807, 2.05) is 36.4 Å². The fraction of sp³-hybridized carbons (Fsp3) is 0. The fourth-order valence-electron chi connectivity index (χ4n) is 2.84. The van der Waals surface area contributed by atoms with Crippen LogP contribution < -0.4 is 5.32 Å². The zero-order valence-corrected chi connectivity index (χ0v) is 16.9. The number of nitrogens with zero attached hydrogens (tertiary/aromatic N) is 4. The predicted octanol–water partition coefficient (Wildman–Crippen LogP) is 5.25. The van der Waals surface area contributed by atoms with Crippen LogP contribution in [0.1, 0.15) is 11.1 Å². The van der Waals surface area contributed by atoms with Gasteiger partial charge in [-0.1, -0.05) is 47.5 Å². The van der Waals surface area contributed by atoms with Crippen molar-refractivity contribution in [2.75, 3.05) is 5.32 Å². The van der Waals surface area contributed by atoms with E-state index in [0.717, 1.165) is 10.9 Å². The third-order valence-corrected chi connectivity index (χ3v) is 5.04. The number of nitrogens with one attached hydrogen (secondary N) is 1. The highest BCUT2D eigenvalue weighted by molar-refractivity contribution is 6.42. The molecule has 2 aromatic heterocycles. The number of nitriles is 1. The number of aromatic nitrogens is 3. The van der Waals surface area contributed by atoms with Gasteiger partial charge in [0.15, 0.2) is 11.6 Å². The molecule has 0 aliphatic carbocycles. The van der Waals surface area contributed by atoms with E-state index < -0.39 is 5.91 Å². The van der Waals surface area contributed by atoms with Crippen molar-refractivity contribution in [1.82, 2.24) is 14.8 Å². The lowest BCUT2D eigenvalue weighted by molar-refractivity contribution is -0.111. The molecule has 0 spiro atoms. The number of halogens is 2. The molecule has 4 rings (SSSR count). The summed E-state index contributed by atoms with van der Waals surface area (Å²) in [5, 5.41) is 18.1. The first-order chi connectivity index (χ1) is 14.5. The largest absolute Gasteiger partial charge is 0.306 e. The van der Waals surface area contributed by atoms with Crippen molar-refractivity contribution in [3.8, 4) is 11.9 Å². The van der Waals surface area contributed by atoms with Crippen molar-refractivity contribution in [2.24, 2.45) is 0 Å². The van der Waals surface area contributed by atoms with Gasteiger partial charge in [0, 0.05) is 11.5 Å². The Kier molecular flexibility index (Phi) is 5.48. The second-order valence-corrected chi connectivity index (χ2v) is 7.10. The summed E-state index contributed by atoms with van der Waals surface area (Å²) in [6, 6.07) is 18.4. The molecule has 0 radical (unpaired) electrons. The Morgan fingerprint density at radius 3 is 2.73 bits per heavy atom. The summed E-state index contributed by atoms with van der Waals surface area (Å²) in [5.74, 6) is 0.295. The Bertz CT molecular complexity index is 1340. The van der Waals surface area contributed by atoms with Crippen LogP contribution in [0.3, 0.4) is 0 Å². The Hall–Kier alpha value is -3.66. The van der Waals surface area contributed by atoms with Gasteiger partial charge in [-0.3, -0.25) is 4.79 Å². The number of carbonyl (C=O) groups is 1. The number of fused-ring (bicyclic) bond motifs is 1. The molecule has 1 N–H and O–H groups in total. The number of benzene rings is 2. The molecule has 0 saturated carbocycles. The second-order valence-electron chi connectivity index (χ2n) is 6.29. The number of para-hydroxylation sites is 1. The summed E-state index contributed by atoms with van der Waals surface area (Å²) in [4.78, 5) is 17.0. The summed E-state index contributed by atoms with van der Waals surface area (Å²) < 4.78 is 1.43. The average molecular weight is 434 g/mol. The SMILES string of the molecule is N#Cc1cnn(-c2ccc3ccccc3n2)c1NC(=O)/C=C/c1ccc(Cl)c(Cl)c1. The van der Waals surface area contributed by atoms with Crippen LogP contribution >= 0.6 is 23.2 Å². The van der Waals surface area contributed by atoms with Gasteiger partial charge in [0.05, 0.1) is 21.8 Å². The molecule has 0 unspecified atom stereocenters. The van der Waals surface area contributed by atoms with Crippen molar-refractivity contribution in [3.05, 3.63) is 88.0 Å². The Morgan fingerprint density at radius 2 is 1.93 bits per heavy atom. The minimum absolute atomic E-state index is 0.223. The van der Waals surface area contributed by atoms with E-state index >= 15 is 0 Å². The van der Waals surface area contributed by atoms with Gasteiger partial charge >= 0.3 is 0 Å². The van der Waals surface area contributed by atoms with Crippen LogP contribution in [0.4, 0.5) is 5.82 Å². The normalized spacial score (nSPS) is 11.0. The first-order valence-electron chi connectivity index (χ1n) is 8.83. The molecule has 146 valence electrons. The van der Waals surface area contributed by atoms with Crippen molar-refractivity contribution < 1.29 is 4.79 Å². The molecule has 0 bridgehead atoms. The van der Waals surface area contributed by atoms with Crippen LogP contribution in [0.2, 0.25) is 10.0 Å². The lowest BCUT2D eigenvalue weighted by atomic mass is 10.2. The van der Waals surface area contributed by atoms with E-state index in [2.05, 4.69) is 15.4 Å². The molecule has 1 amide bonds. The topological polar surface area (TPSA) is 83.6 Å². The van der Waals surface area contributed by atoms with Crippen molar-refractivity contribution in [3.63, 3.8) is 0 Å². The number of amides is 1. The quantitative estimate of drug-likeness (QED) is 0.445. The van der Waals surface area contributed by atoms with E-state index in [4.69, 9.17) is 23.2 Å². The smallest absolute Gasteiger partial charge is 0.249 e. The molecular formula is C22H13Cl2N5O. The molecular weight excluding hydrogens is 421 g/mol. The summed E-state index contributed by atoms with van der Waals surface area (Å²) in [6.45, 7) is 0. The van der Waals surface area contributed by atoms with Gasteiger partial charge in [-0.05, 0) is 42.0 Å². The molecule has 0 fully saturated rings. The van der Waals surface area contributed by atoms with Crippen LogP contribution in [-0.4, -0.2) is 20.7 Å². The summed E-state index contributed by atoms with van der Waals surface area (Å²) in [5.41, 5.74) is 1.71. The minimum Gasteiger partial charge on any atom is -0.306 e. The second kappa shape index (κ2) is 8.37. The number of hydrogen-bond acceptors (Lipinski definition) is 4. The van der Waals surface area contributed by atoms with Gasteiger partial charge in [-0.25, -0.2) is 4.98 Å². The summed E-state index contributed by atoms with van der Waals surface area (Å²) in [6.07, 6.45) is 4.32.